The van der Waals surface area contributed by atoms with E-state index >= 15 is 0 Å². The molecule has 0 unspecified atom stereocenters. The Bertz CT molecular complexity index is 1030. The number of pyridine rings is 1. The minimum Gasteiger partial charge on any atom is -0.254 e. The molecule has 130 valence electrons. The van der Waals surface area contributed by atoms with Crippen LogP contribution in [-0.2, 0) is 0 Å². The molecule has 1 heterocycles. The number of aromatic nitrogens is 1. The van der Waals surface area contributed by atoms with Crippen LogP contribution in [0.4, 0.5) is 0 Å². The molecule has 0 radical (unpaired) electrons. The van der Waals surface area contributed by atoms with Gasteiger partial charge in [-0.1, -0.05) is 69.6 Å². The molecule has 0 saturated carbocycles. The van der Waals surface area contributed by atoms with Crippen molar-refractivity contribution in [2.45, 2.75) is 0 Å². The second-order valence-corrected chi connectivity index (χ2v) is 7.62. The first kappa shape index (κ1) is 19.6. The zero-order chi connectivity index (χ0) is 19.0. The molecule has 0 aliphatic rings. The second-order valence-electron chi connectivity index (χ2n) is 5.24. The van der Waals surface area contributed by atoms with E-state index in [-0.39, 0.29) is 20.1 Å². The third kappa shape index (κ3) is 3.75. The van der Waals surface area contributed by atoms with Crippen molar-refractivity contribution in [2.75, 3.05) is 0 Å². The van der Waals surface area contributed by atoms with Gasteiger partial charge in [0.15, 0.2) is 0 Å². The Labute approximate surface area is 179 Å². The highest BCUT2D eigenvalue weighted by Gasteiger charge is 2.14. The van der Waals surface area contributed by atoms with Crippen LogP contribution in [-0.4, -0.2) is 4.98 Å². The monoisotopic (exact) mass is 460 g/mol. The minimum absolute atomic E-state index is 0.248. The number of nitriles is 1. The third-order valence-corrected chi connectivity index (χ3v) is 5.98. The Morgan fingerprint density at radius 1 is 0.654 bits per heavy atom. The van der Waals surface area contributed by atoms with E-state index in [0.717, 1.165) is 0 Å². The Morgan fingerprint density at radius 2 is 1.12 bits per heavy atom. The molecule has 8 heteroatoms. The van der Waals surface area contributed by atoms with Crippen molar-refractivity contribution in [3.05, 3.63) is 72.2 Å². The fourth-order valence-electron chi connectivity index (χ4n) is 2.35. The normalized spacial score (nSPS) is 10.7. The molecule has 0 spiro atoms. The zero-order valence-corrected chi connectivity index (χ0v) is 17.2. The molecule has 2 aromatic carbocycles. The maximum atomic E-state index is 9.54. The van der Waals surface area contributed by atoms with Gasteiger partial charge in [0, 0.05) is 17.3 Å². The smallest absolute Gasteiger partial charge is 0.101 e. The first-order valence-electron chi connectivity index (χ1n) is 7.01. The summed E-state index contributed by atoms with van der Waals surface area (Å²) in [5.74, 6) is 0. The molecular weight excluding hydrogens is 457 g/mol. The van der Waals surface area contributed by atoms with Gasteiger partial charge in [0.25, 0.3) is 0 Å². The van der Waals surface area contributed by atoms with Gasteiger partial charge in [0.2, 0.25) is 0 Å². The van der Waals surface area contributed by atoms with E-state index in [1.165, 1.54) is 0 Å². The van der Waals surface area contributed by atoms with Crippen molar-refractivity contribution < 1.29 is 0 Å². The van der Waals surface area contributed by atoms with Gasteiger partial charge in [-0.05, 0) is 35.9 Å². The lowest BCUT2D eigenvalue weighted by Crippen LogP contribution is -1.92. The molecule has 0 saturated heterocycles. The van der Waals surface area contributed by atoms with Gasteiger partial charge in [-0.3, -0.25) is 4.98 Å². The van der Waals surface area contributed by atoms with Crippen LogP contribution in [0, 0.1) is 11.3 Å². The van der Waals surface area contributed by atoms with E-state index < -0.39 is 0 Å². The molecule has 3 rings (SSSR count). The van der Waals surface area contributed by atoms with Gasteiger partial charge in [-0.15, -0.1) is 0 Å². The molecule has 2 nitrogen and oxygen atoms in total. The molecule has 0 amide bonds. The molecular formula is C18H6Cl6N2. The van der Waals surface area contributed by atoms with Gasteiger partial charge < -0.3 is 0 Å². The van der Waals surface area contributed by atoms with Crippen LogP contribution in [0.1, 0.15) is 5.56 Å². The van der Waals surface area contributed by atoms with Crippen molar-refractivity contribution >= 4 is 69.6 Å². The van der Waals surface area contributed by atoms with Crippen molar-refractivity contribution in [1.82, 2.24) is 4.98 Å². The maximum Gasteiger partial charge on any atom is 0.101 e. The number of rotatable bonds is 2. The van der Waals surface area contributed by atoms with E-state index in [9.17, 15) is 5.26 Å². The first-order chi connectivity index (χ1) is 12.3. The van der Waals surface area contributed by atoms with Crippen LogP contribution in [0.2, 0.25) is 30.1 Å². The van der Waals surface area contributed by atoms with Crippen LogP contribution < -0.4 is 0 Å². The van der Waals surface area contributed by atoms with Crippen molar-refractivity contribution in [3.63, 3.8) is 0 Å². The summed E-state index contributed by atoms with van der Waals surface area (Å²) in [6, 6.07) is 10.3. The lowest BCUT2D eigenvalue weighted by molar-refractivity contribution is 1.30. The highest BCUT2D eigenvalue weighted by molar-refractivity contribution is 6.49. The van der Waals surface area contributed by atoms with E-state index in [0.29, 0.717) is 38.0 Å². The van der Waals surface area contributed by atoms with Crippen molar-refractivity contribution in [2.24, 2.45) is 0 Å². The van der Waals surface area contributed by atoms with Crippen molar-refractivity contribution in [1.29, 1.82) is 5.26 Å². The van der Waals surface area contributed by atoms with Crippen LogP contribution in [0.3, 0.4) is 0 Å². The van der Waals surface area contributed by atoms with E-state index in [4.69, 9.17) is 69.6 Å². The summed E-state index contributed by atoms with van der Waals surface area (Å²) in [6.45, 7) is 0. The molecule has 0 N–H and O–H groups in total. The van der Waals surface area contributed by atoms with Gasteiger partial charge in [-0.2, -0.15) is 5.26 Å². The number of benzene rings is 2. The van der Waals surface area contributed by atoms with Crippen molar-refractivity contribution in [3.8, 4) is 28.5 Å². The number of hydrogen-bond acceptors (Lipinski definition) is 2. The van der Waals surface area contributed by atoms with E-state index in [1.54, 1.807) is 36.5 Å². The standard InChI is InChI=1S/C18H6Cl6N2/c19-12-2-8(3-13(20)16(12)23)11-1-10(6-25)18(26-7-11)9-4-14(21)17(24)15(22)5-9/h1-5,7H. The fraction of sp³-hybridized carbons (Fsp3) is 0. The SMILES string of the molecule is N#Cc1cc(-c2cc(Cl)c(Cl)c(Cl)c2)cnc1-c1cc(Cl)c(Cl)c(Cl)c1. The van der Waals surface area contributed by atoms with Crippen LogP contribution in [0.25, 0.3) is 22.4 Å². The Morgan fingerprint density at radius 3 is 1.58 bits per heavy atom. The van der Waals surface area contributed by atoms with E-state index in [1.807, 2.05) is 0 Å². The molecule has 1 aromatic heterocycles. The predicted octanol–water partition coefficient (Wildman–Crippen LogP) is 8.21. The first-order valence-corrected chi connectivity index (χ1v) is 9.28. The van der Waals surface area contributed by atoms with E-state index in [2.05, 4.69) is 11.1 Å². The molecule has 0 aliphatic heterocycles. The van der Waals surface area contributed by atoms with Crippen LogP contribution in [0.5, 0.6) is 0 Å². The van der Waals surface area contributed by atoms with Crippen LogP contribution >= 0.6 is 69.6 Å². The summed E-state index contributed by atoms with van der Waals surface area (Å²) in [4.78, 5) is 4.39. The summed E-state index contributed by atoms with van der Waals surface area (Å²) in [5.41, 5.74) is 2.70. The van der Waals surface area contributed by atoms with Gasteiger partial charge in [0.1, 0.15) is 6.07 Å². The van der Waals surface area contributed by atoms with Gasteiger partial charge in [0.05, 0.1) is 41.4 Å². The lowest BCUT2D eigenvalue weighted by Gasteiger charge is -2.10. The molecule has 0 aliphatic carbocycles. The Balaban J connectivity index is 2.14. The minimum atomic E-state index is 0.248. The zero-order valence-electron chi connectivity index (χ0n) is 12.6. The Hall–Kier alpha value is -1.18. The number of halogens is 6. The van der Waals surface area contributed by atoms with Gasteiger partial charge in [-0.25, -0.2) is 0 Å². The topological polar surface area (TPSA) is 36.7 Å². The highest BCUT2D eigenvalue weighted by Crippen LogP contribution is 2.38. The quantitative estimate of drug-likeness (QED) is 0.360. The number of hydrogen-bond donors (Lipinski definition) is 0. The summed E-state index contributed by atoms with van der Waals surface area (Å²) < 4.78 is 0. The largest absolute Gasteiger partial charge is 0.254 e. The van der Waals surface area contributed by atoms with Gasteiger partial charge >= 0.3 is 0 Å². The molecule has 0 fully saturated rings. The summed E-state index contributed by atoms with van der Waals surface area (Å²) in [5, 5.41) is 11.2. The lowest BCUT2D eigenvalue weighted by atomic mass is 10.0. The Kier molecular flexibility index (Phi) is 5.89. The average Bonchev–Trinajstić information content (AvgIpc) is 2.62. The van der Waals surface area contributed by atoms with Crippen LogP contribution in [0.15, 0.2) is 36.5 Å². The fourth-order valence-corrected chi connectivity index (χ4v) is 3.54. The highest BCUT2D eigenvalue weighted by atomic mass is 35.5. The average molecular weight is 463 g/mol. The molecule has 0 atom stereocenters. The molecule has 26 heavy (non-hydrogen) atoms. The summed E-state index contributed by atoms with van der Waals surface area (Å²) >= 11 is 36.2. The second kappa shape index (κ2) is 7.82. The third-order valence-electron chi connectivity index (χ3n) is 3.58. The summed E-state index contributed by atoms with van der Waals surface area (Å²) in [7, 11) is 0. The summed E-state index contributed by atoms with van der Waals surface area (Å²) in [6.07, 6.45) is 1.60. The molecule has 0 bridgehead atoms. The predicted molar refractivity (Wildman–Crippen MR) is 110 cm³/mol. The molecule has 3 aromatic rings. The number of nitrogens with zero attached hydrogens (tertiary/aromatic N) is 2. The maximum absolute atomic E-state index is 9.54.